The van der Waals surface area contributed by atoms with Crippen LogP contribution in [0.15, 0.2) is 10.5 Å². The number of unbranched alkanes of at least 4 members (excludes halogenated alkanes) is 1. The molecular formula is C15H22BrNO2. The molecule has 0 saturated carbocycles. The molecule has 0 unspecified atom stereocenters. The first kappa shape index (κ1) is 14.7. The molecule has 2 rings (SSSR count). The Morgan fingerprint density at radius 1 is 1.26 bits per heavy atom. The van der Waals surface area contributed by atoms with Crippen molar-refractivity contribution in [2.45, 2.75) is 39.0 Å². The van der Waals surface area contributed by atoms with E-state index in [0.717, 1.165) is 41.8 Å². The summed E-state index contributed by atoms with van der Waals surface area (Å²) in [6.45, 7) is 6.42. The number of aryl methyl sites for hydroxylation is 1. The minimum Gasteiger partial charge on any atom is -0.486 e. The van der Waals surface area contributed by atoms with E-state index in [1.165, 1.54) is 11.1 Å². The topological polar surface area (TPSA) is 44.5 Å². The van der Waals surface area contributed by atoms with Gasteiger partial charge < -0.3 is 15.2 Å². The number of ether oxygens (including phenoxy) is 2. The predicted molar refractivity (Wildman–Crippen MR) is 81.2 cm³/mol. The summed E-state index contributed by atoms with van der Waals surface area (Å²) in [4.78, 5) is 0. The van der Waals surface area contributed by atoms with E-state index >= 15 is 0 Å². The fourth-order valence-corrected chi connectivity index (χ4v) is 3.52. The highest BCUT2D eigenvalue weighted by Crippen LogP contribution is 2.44. The van der Waals surface area contributed by atoms with Gasteiger partial charge in [-0.05, 0) is 64.8 Å². The Morgan fingerprint density at radius 3 is 2.68 bits per heavy atom. The average molecular weight is 328 g/mol. The van der Waals surface area contributed by atoms with Crippen LogP contribution >= 0.6 is 15.9 Å². The molecule has 3 nitrogen and oxygen atoms in total. The SMILES string of the molecule is CC(C)c1c(CCCCN)cc2c(c1Br)OCCO2. The van der Waals surface area contributed by atoms with Gasteiger partial charge in [-0.15, -0.1) is 0 Å². The van der Waals surface area contributed by atoms with Crippen LogP contribution in [0.25, 0.3) is 0 Å². The summed E-state index contributed by atoms with van der Waals surface area (Å²) in [6, 6.07) is 2.14. The second kappa shape index (κ2) is 6.62. The molecule has 1 aliphatic heterocycles. The molecule has 0 atom stereocenters. The van der Waals surface area contributed by atoms with Crippen molar-refractivity contribution in [2.24, 2.45) is 5.73 Å². The monoisotopic (exact) mass is 327 g/mol. The van der Waals surface area contributed by atoms with Crippen molar-refractivity contribution in [3.63, 3.8) is 0 Å². The second-order valence-electron chi connectivity index (χ2n) is 5.19. The number of hydrogen-bond acceptors (Lipinski definition) is 3. The Balaban J connectivity index is 2.36. The summed E-state index contributed by atoms with van der Waals surface area (Å²) in [5.41, 5.74) is 8.26. The molecule has 106 valence electrons. The Kier molecular flexibility index (Phi) is 5.11. The number of fused-ring (bicyclic) bond motifs is 1. The third kappa shape index (κ3) is 3.23. The minimum absolute atomic E-state index is 0.457. The van der Waals surface area contributed by atoms with Crippen LogP contribution in [0, 0.1) is 0 Å². The first-order valence-corrected chi connectivity index (χ1v) is 7.75. The number of rotatable bonds is 5. The molecular weight excluding hydrogens is 306 g/mol. The lowest BCUT2D eigenvalue weighted by atomic mass is 9.93. The first-order valence-electron chi connectivity index (χ1n) is 6.96. The molecule has 0 fully saturated rings. The standard InChI is InChI=1S/C15H22BrNO2/c1-10(2)13-11(5-3-4-6-17)9-12-15(14(13)16)19-8-7-18-12/h9-10H,3-8,17H2,1-2H3. The number of benzene rings is 1. The van der Waals surface area contributed by atoms with Crippen LogP contribution in [-0.4, -0.2) is 19.8 Å². The van der Waals surface area contributed by atoms with Gasteiger partial charge in [-0.25, -0.2) is 0 Å². The van der Waals surface area contributed by atoms with E-state index < -0.39 is 0 Å². The van der Waals surface area contributed by atoms with Gasteiger partial charge in [-0.3, -0.25) is 0 Å². The fourth-order valence-electron chi connectivity index (χ4n) is 2.50. The lowest BCUT2D eigenvalue weighted by molar-refractivity contribution is 0.170. The predicted octanol–water partition coefficient (Wildman–Crippen LogP) is 3.63. The largest absolute Gasteiger partial charge is 0.486 e. The summed E-state index contributed by atoms with van der Waals surface area (Å²) in [5, 5.41) is 0. The molecule has 0 radical (unpaired) electrons. The molecule has 1 aromatic rings. The minimum atomic E-state index is 0.457. The zero-order valence-electron chi connectivity index (χ0n) is 11.7. The van der Waals surface area contributed by atoms with Crippen LogP contribution in [0.4, 0.5) is 0 Å². The van der Waals surface area contributed by atoms with E-state index in [2.05, 4.69) is 35.8 Å². The van der Waals surface area contributed by atoms with Crippen molar-refractivity contribution in [1.29, 1.82) is 0 Å². The highest BCUT2D eigenvalue weighted by Gasteiger charge is 2.22. The van der Waals surface area contributed by atoms with E-state index in [-0.39, 0.29) is 0 Å². The van der Waals surface area contributed by atoms with E-state index in [0.29, 0.717) is 19.1 Å². The highest BCUT2D eigenvalue weighted by molar-refractivity contribution is 9.10. The molecule has 1 aliphatic rings. The molecule has 0 bridgehead atoms. The van der Waals surface area contributed by atoms with E-state index in [4.69, 9.17) is 15.2 Å². The van der Waals surface area contributed by atoms with Gasteiger partial charge in [0.05, 0.1) is 4.47 Å². The molecule has 1 heterocycles. The average Bonchev–Trinajstić information content (AvgIpc) is 2.39. The normalized spacial score (nSPS) is 13.9. The molecule has 0 saturated heterocycles. The van der Waals surface area contributed by atoms with Gasteiger partial charge in [-0.2, -0.15) is 0 Å². The number of hydrogen-bond donors (Lipinski definition) is 1. The van der Waals surface area contributed by atoms with E-state index in [1.807, 2.05) is 0 Å². The fraction of sp³-hybridized carbons (Fsp3) is 0.600. The Labute approximate surface area is 123 Å². The van der Waals surface area contributed by atoms with Gasteiger partial charge in [0, 0.05) is 0 Å². The smallest absolute Gasteiger partial charge is 0.175 e. The van der Waals surface area contributed by atoms with Crippen LogP contribution in [0.3, 0.4) is 0 Å². The lowest BCUT2D eigenvalue weighted by Crippen LogP contribution is -2.17. The maximum absolute atomic E-state index is 5.73. The van der Waals surface area contributed by atoms with Gasteiger partial charge in [0.25, 0.3) is 0 Å². The van der Waals surface area contributed by atoms with Gasteiger partial charge >= 0.3 is 0 Å². The summed E-state index contributed by atoms with van der Waals surface area (Å²) >= 11 is 3.70. The van der Waals surface area contributed by atoms with Gasteiger partial charge in [0.2, 0.25) is 0 Å². The van der Waals surface area contributed by atoms with Gasteiger partial charge in [-0.1, -0.05) is 13.8 Å². The van der Waals surface area contributed by atoms with E-state index in [9.17, 15) is 0 Å². The van der Waals surface area contributed by atoms with Crippen molar-refractivity contribution < 1.29 is 9.47 Å². The molecule has 4 heteroatoms. The second-order valence-corrected chi connectivity index (χ2v) is 5.98. The number of nitrogens with two attached hydrogens (primary N) is 1. The Hall–Kier alpha value is -0.740. The van der Waals surface area contributed by atoms with Crippen molar-refractivity contribution >= 4 is 15.9 Å². The summed E-state index contributed by atoms with van der Waals surface area (Å²) in [7, 11) is 0. The maximum atomic E-state index is 5.73. The van der Waals surface area contributed by atoms with Crippen LogP contribution in [0.5, 0.6) is 11.5 Å². The first-order chi connectivity index (χ1) is 9.15. The van der Waals surface area contributed by atoms with Crippen LogP contribution in [0.2, 0.25) is 0 Å². The summed E-state index contributed by atoms with van der Waals surface area (Å²) < 4.78 is 12.5. The maximum Gasteiger partial charge on any atom is 0.175 e. The molecule has 0 spiro atoms. The third-order valence-corrected chi connectivity index (χ3v) is 4.16. The molecule has 1 aromatic carbocycles. The molecule has 0 aromatic heterocycles. The molecule has 19 heavy (non-hydrogen) atoms. The van der Waals surface area contributed by atoms with Crippen LogP contribution in [-0.2, 0) is 6.42 Å². The van der Waals surface area contributed by atoms with Crippen molar-refractivity contribution in [1.82, 2.24) is 0 Å². The highest BCUT2D eigenvalue weighted by atomic mass is 79.9. The van der Waals surface area contributed by atoms with Crippen molar-refractivity contribution in [3.05, 3.63) is 21.7 Å². The Bertz CT molecular complexity index is 446. The van der Waals surface area contributed by atoms with Crippen LogP contribution < -0.4 is 15.2 Å². The molecule has 0 amide bonds. The lowest BCUT2D eigenvalue weighted by Gasteiger charge is -2.24. The molecule has 0 aliphatic carbocycles. The molecule has 2 N–H and O–H groups in total. The quantitative estimate of drug-likeness (QED) is 0.840. The zero-order valence-corrected chi connectivity index (χ0v) is 13.3. The van der Waals surface area contributed by atoms with Gasteiger partial charge in [0.1, 0.15) is 13.2 Å². The Morgan fingerprint density at radius 2 is 2.00 bits per heavy atom. The summed E-state index contributed by atoms with van der Waals surface area (Å²) in [5.74, 6) is 2.18. The third-order valence-electron chi connectivity index (χ3n) is 3.38. The number of halogens is 1. The van der Waals surface area contributed by atoms with Crippen molar-refractivity contribution in [2.75, 3.05) is 19.8 Å². The van der Waals surface area contributed by atoms with E-state index in [1.54, 1.807) is 0 Å². The van der Waals surface area contributed by atoms with Gasteiger partial charge in [0.15, 0.2) is 11.5 Å². The summed E-state index contributed by atoms with van der Waals surface area (Å²) in [6.07, 6.45) is 3.21. The zero-order chi connectivity index (χ0) is 13.8. The van der Waals surface area contributed by atoms with Crippen molar-refractivity contribution in [3.8, 4) is 11.5 Å². The van der Waals surface area contributed by atoms with Crippen LogP contribution in [0.1, 0.15) is 43.7 Å².